The Morgan fingerprint density at radius 1 is 1.15 bits per heavy atom. The van der Waals surface area contributed by atoms with E-state index < -0.39 is 10.0 Å². The van der Waals surface area contributed by atoms with Crippen LogP contribution in [0.5, 0.6) is 0 Å². The van der Waals surface area contributed by atoms with Crippen LogP contribution >= 0.6 is 0 Å². The number of sulfonamides is 1. The normalized spacial score (nSPS) is 30.3. The summed E-state index contributed by atoms with van der Waals surface area (Å²) >= 11 is 0. The van der Waals surface area contributed by atoms with E-state index in [4.69, 9.17) is 10.9 Å². The van der Waals surface area contributed by atoms with Crippen LogP contribution in [0, 0.1) is 5.92 Å². The minimum atomic E-state index is -3.30. The Hall–Kier alpha value is -0.130. The summed E-state index contributed by atoms with van der Waals surface area (Å²) < 4.78 is 22.0. The van der Waals surface area contributed by atoms with Crippen molar-refractivity contribution in [2.75, 3.05) is 6.54 Å². The molecule has 0 amide bonds. The second-order valence-electron chi connectivity index (χ2n) is 3.81. The molecule has 1 fully saturated rings. The van der Waals surface area contributed by atoms with Gasteiger partial charge in [0.05, 0.1) is 5.25 Å². The molecule has 1 rings (SSSR count). The summed E-state index contributed by atoms with van der Waals surface area (Å²) in [5.74, 6) is 0.614. The average Bonchev–Trinajstić information content (AvgIpc) is 2.04. The van der Waals surface area contributed by atoms with Gasteiger partial charge in [-0.15, -0.1) is 0 Å². The van der Waals surface area contributed by atoms with E-state index in [9.17, 15) is 8.42 Å². The summed E-state index contributed by atoms with van der Waals surface area (Å²) in [5, 5.41) is 4.77. The number of hydrogen-bond donors (Lipinski definition) is 2. The molecule has 0 aromatic carbocycles. The summed E-state index contributed by atoms with van der Waals surface area (Å²) in [4.78, 5) is 0. The van der Waals surface area contributed by atoms with Crippen molar-refractivity contribution in [1.29, 1.82) is 0 Å². The minimum Gasteiger partial charge on any atom is -0.330 e. The molecule has 1 saturated carbocycles. The van der Waals surface area contributed by atoms with Crippen LogP contribution < -0.4 is 10.9 Å². The molecule has 0 heterocycles. The third-order valence-corrected chi connectivity index (χ3v) is 4.23. The van der Waals surface area contributed by atoms with Gasteiger partial charge in [-0.1, -0.05) is 0 Å². The van der Waals surface area contributed by atoms with Crippen LogP contribution in [0.15, 0.2) is 0 Å². The lowest BCUT2D eigenvalue weighted by Gasteiger charge is -2.26. The molecule has 0 spiro atoms. The van der Waals surface area contributed by atoms with Gasteiger partial charge in [-0.2, -0.15) is 0 Å². The zero-order valence-corrected chi connectivity index (χ0v) is 8.59. The number of hydrogen-bond acceptors (Lipinski definition) is 3. The van der Waals surface area contributed by atoms with Crippen molar-refractivity contribution < 1.29 is 8.42 Å². The lowest BCUT2D eigenvalue weighted by molar-refractivity contribution is 0.342. The van der Waals surface area contributed by atoms with Crippen LogP contribution in [-0.2, 0) is 10.0 Å². The fourth-order valence-corrected chi connectivity index (χ4v) is 2.91. The van der Waals surface area contributed by atoms with Crippen molar-refractivity contribution in [2.24, 2.45) is 16.8 Å². The predicted octanol–water partition coefficient (Wildman–Crippen LogP) is 0.183. The summed E-state index contributed by atoms with van der Waals surface area (Å²) in [6, 6.07) is 0. The third kappa shape index (κ3) is 3.25. The van der Waals surface area contributed by atoms with E-state index in [0.717, 1.165) is 19.3 Å². The highest BCUT2D eigenvalue weighted by Gasteiger charge is 2.27. The fraction of sp³-hybridized carbons (Fsp3) is 1.00. The molecule has 13 heavy (non-hydrogen) atoms. The first-order chi connectivity index (χ1) is 6.04. The van der Waals surface area contributed by atoms with Crippen LogP contribution in [0.3, 0.4) is 0 Å². The van der Waals surface area contributed by atoms with Gasteiger partial charge in [0, 0.05) is 0 Å². The van der Waals surface area contributed by atoms with Gasteiger partial charge in [-0.25, -0.2) is 13.6 Å². The summed E-state index contributed by atoms with van der Waals surface area (Å²) in [5.41, 5.74) is 5.44. The first-order valence-electron chi connectivity index (χ1n) is 4.75. The molecule has 78 valence electrons. The standard InChI is InChI=1S/C8H18N2O2S/c9-6-5-7-1-3-8(4-2-7)13(10,11)12/h7-8H,1-6,9H2,(H2,10,11,12). The van der Waals surface area contributed by atoms with E-state index in [1.54, 1.807) is 0 Å². The molecule has 4 nitrogen and oxygen atoms in total. The van der Waals surface area contributed by atoms with Crippen molar-refractivity contribution in [3.05, 3.63) is 0 Å². The van der Waals surface area contributed by atoms with Gasteiger partial charge >= 0.3 is 0 Å². The van der Waals surface area contributed by atoms with E-state index in [0.29, 0.717) is 25.3 Å². The fourth-order valence-electron chi connectivity index (χ4n) is 1.98. The molecule has 0 radical (unpaired) electrons. The largest absolute Gasteiger partial charge is 0.330 e. The molecule has 0 atom stereocenters. The first-order valence-corrected chi connectivity index (χ1v) is 6.36. The van der Waals surface area contributed by atoms with Crippen molar-refractivity contribution in [2.45, 2.75) is 37.4 Å². The van der Waals surface area contributed by atoms with E-state index in [1.165, 1.54) is 0 Å². The highest BCUT2D eigenvalue weighted by Crippen LogP contribution is 2.29. The van der Waals surface area contributed by atoms with Crippen LogP contribution in [-0.4, -0.2) is 20.2 Å². The highest BCUT2D eigenvalue weighted by molar-refractivity contribution is 7.89. The van der Waals surface area contributed by atoms with Crippen molar-refractivity contribution in [3.8, 4) is 0 Å². The molecule has 1 aliphatic rings. The van der Waals surface area contributed by atoms with Gasteiger partial charge in [-0.05, 0) is 44.6 Å². The lowest BCUT2D eigenvalue weighted by atomic mass is 9.87. The Balaban J connectivity index is 2.39. The van der Waals surface area contributed by atoms with E-state index >= 15 is 0 Å². The average molecular weight is 206 g/mol. The molecule has 0 aromatic rings. The molecule has 0 aliphatic heterocycles. The Bertz CT molecular complexity index is 243. The van der Waals surface area contributed by atoms with Gasteiger partial charge in [0.25, 0.3) is 0 Å². The number of nitrogens with two attached hydrogens (primary N) is 2. The second-order valence-corrected chi connectivity index (χ2v) is 5.65. The van der Waals surface area contributed by atoms with Crippen molar-refractivity contribution >= 4 is 10.0 Å². The zero-order valence-electron chi connectivity index (χ0n) is 7.78. The number of primary sulfonamides is 1. The smallest absolute Gasteiger partial charge is 0.211 e. The van der Waals surface area contributed by atoms with Gasteiger partial charge in [0.2, 0.25) is 10.0 Å². The third-order valence-electron chi connectivity index (χ3n) is 2.83. The number of rotatable bonds is 3. The maximum atomic E-state index is 11.0. The maximum Gasteiger partial charge on any atom is 0.211 e. The van der Waals surface area contributed by atoms with Gasteiger partial charge in [-0.3, -0.25) is 0 Å². The Morgan fingerprint density at radius 3 is 2.08 bits per heavy atom. The molecule has 1 aliphatic carbocycles. The predicted molar refractivity (Wildman–Crippen MR) is 52.5 cm³/mol. The Morgan fingerprint density at radius 2 is 1.69 bits per heavy atom. The zero-order chi connectivity index (χ0) is 9.90. The Labute approximate surface area is 79.7 Å². The SMILES string of the molecule is NCCC1CCC(S(N)(=O)=O)CC1. The van der Waals surface area contributed by atoms with Crippen molar-refractivity contribution in [3.63, 3.8) is 0 Å². The van der Waals surface area contributed by atoms with Gasteiger partial charge < -0.3 is 5.73 Å². The summed E-state index contributed by atoms with van der Waals surface area (Å²) in [6.45, 7) is 0.699. The molecule has 5 heteroatoms. The van der Waals surface area contributed by atoms with E-state index in [-0.39, 0.29) is 5.25 Å². The van der Waals surface area contributed by atoms with Crippen molar-refractivity contribution in [1.82, 2.24) is 0 Å². The molecule has 4 N–H and O–H groups in total. The molecule has 0 unspecified atom stereocenters. The summed E-state index contributed by atoms with van der Waals surface area (Å²) in [7, 11) is -3.30. The molecule has 0 bridgehead atoms. The van der Waals surface area contributed by atoms with Gasteiger partial charge in [0.1, 0.15) is 0 Å². The van der Waals surface area contributed by atoms with E-state index in [1.807, 2.05) is 0 Å². The van der Waals surface area contributed by atoms with Crippen LogP contribution in [0.4, 0.5) is 0 Å². The van der Waals surface area contributed by atoms with Gasteiger partial charge in [0.15, 0.2) is 0 Å². The second kappa shape index (κ2) is 4.39. The Kier molecular flexibility index (Phi) is 3.70. The van der Waals surface area contributed by atoms with Crippen LogP contribution in [0.2, 0.25) is 0 Å². The maximum absolute atomic E-state index is 11.0. The van der Waals surface area contributed by atoms with Crippen LogP contribution in [0.1, 0.15) is 32.1 Å². The first kappa shape index (κ1) is 10.9. The lowest BCUT2D eigenvalue weighted by Crippen LogP contribution is -2.32. The van der Waals surface area contributed by atoms with E-state index in [2.05, 4.69) is 0 Å². The molecular weight excluding hydrogens is 188 g/mol. The monoisotopic (exact) mass is 206 g/mol. The molecule has 0 saturated heterocycles. The van der Waals surface area contributed by atoms with Crippen LogP contribution in [0.25, 0.3) is 0 Å². The molecule has 0 aromatic heterocycles. The molecular formula is C8H18N2O2S. The quantitative estimate of drug-likeness (QED) is 0.690. The topological polar surface area (TPSA) is 86.2 Å². The highest BCUT2D eigenvalue weighted by atomic mass is 32.2. The minimum absolute atomic E-state index is 0.304. The summed E-state index contributed by atoms with van der Waals surface area (Å²) in [6.07, 6.45) is 4.35.